The minimum Gasteiger partial charge on any atom is -0.440 e. The van der Waals surface area contributed by atoms with Crippen LogP contribution >= 0.6 is 0 Å². The molecular formula is C6H5NO2. The van der Waals surface area contributed by atoms with Crippen molar-refractivity contribution in [3.8, 4) is 0 Å². The van der Waals surface area contributed by atoms with E-state index in [1.165, 1.54) is 18.7 Å². The van der Waals surface area contributed by atoms with Crippen LogP contribution in [0.1, 0.15) is 10.6 Å². The molecule has 46 valence electrons. The van der Waals surface area contributed by atoms with Crippen LogP contribution < -0.4 is 0 Å². The molecule has 1 aromatic heterocycles. The van der Waals surface area contributed by atoms with E-state index in [0.29, 0.717) is 0 Å². The highest BCUT2D eigenvalue weighted by Gasteiger charge is 2.01. The molecule has 0 unspecified atom stereocenters. The van der Waals surface area contributed by atoms with Gasteiger partial charge in [-0.15, -0.1) is 0 Å². The fourth-order valence-electron chi connectivity index (χ4n) is 0.438. The Morgan fingerprint density at radius 1 is 1.89 bits per heavy atom. The van der Waals surface area contributed by atoms with Gasteiger partial charge in [0, 0.05) is 0 Å². The molecule has 3 nitrogen and oxygen atoms in total. The van der Waals surface area contributed by atoms with Crippen molar-refractivity contribution < 1.29 is 9.21 Å². The van der Waals surface area contributed by atoms with Crippen LogP contribution in [0.5, 0.6) is 0 Å². The Morgan fingerprint density at radius 2 is 2.67 bits per heavy atom. The second-order valence-electron chi connectivity index (χ2n) is 1.43. The van der Waals surface area contributed by atoms with Crippen molar-refractivity contribution in [2.24, 2.45) is 0 Å². The molecule has 1 heterocycles. The maximum Gasteiger partial charge on any atom is 0.222 e. The van der Waals surface area contributed by atoms with Crippen LogP contribution in [0.25, 0.3) is 0 Å². The highest BCUT2D eigenvalue weighted by molar-refractivity contribution is 6.01. The van der Waals surface area contributed by atoms with Gasteiger partial charge in [-0.05, 0) is 6.08 Å². The van der Waals surface area contributed by atoms with E-state index in [1.807, 2.05) is 0 Å². The van der Waals surface area contributed by atoms with Gasteiger partial charge in [0.05, 0.1) is 6.20 Å². The summed E-state index contributed by atoms with van der Waals surface area (Å²) in [5.41, 5.74) is 0. The first-order valence-electron chi connectivity index (χ1n) is 2.40. The molecule has 1 rings (SSSR count). The number of carbonyl (C=O) groups excluding carboxylic acids is 1. The number of hydrogen-bond acceptors (Lipinski definition) is 3. The lowest BCUT2D eigenvalue weighted by atomic mass is 10.3. The SMILES string of the molecule is C=CC(=O)c1cnco1. The summed E-state index contributed by atoms with van der Waals surface area (Å²) in [6, 6.07) is 0. The van der Waals surface area contributed by atoms with Crippen molar-refractivity contribution in [2.75, 3.05) is 0 Å². The minimum absolute atomic E-state index is 0.227. The number of rotatable bonds is 2. The number of hydrogen-bond donors (Lipinski definition) is 0. The van der Waals surface area contributed by atoms with Gasteiger partial charge in [-0.25, -0.2) is 4.98 Å². The van der Waals surface area contributed by atoms with Crippen LogP contribution in [0.15, 0.2) is 29.7 Å². The van der Waals surface area contributed by atoms with Crippen LogP contribution in [0.3, 0.4) is 0 Å². The van der Waals surface area contributed by atoms with Gasteiger partial charge in [-0.2, -0.15) is 0 Å². The third-order valence-electron chi connectivity index (χ3n) is 0.861. The monoisotopic (exact) mass is 123 g/mol. The van der Waals surface area contributed by atoms with Crippen molar-refractivity contribution in [1.29, 1.82) is 0 Å². The van der Waals surface area contributed by atoms with Crippen LogP contribution in [-0.4, -0.2) is 10.8 Å². The van der Waals surface area contributed by atoms with Crippen molar-refractivity contribution in [2.45, 2.75) is 0 Å². The second-order valence-corrected chi connectivity index (χ2v) is 1.43. The molecular weight excluding hydrogens is 118 g/mol. The number of ketones is 1. The van der Waals surface area contributed by atoms with Gasteiger partial charge in [-0.3, -0.25) is 4.79 Å². The summed E-state index contributed by atoms with van der Waals surface area (Å²) >= 11 is 0. The van der Waals surface area contributed by atoms with Crippen LogP contribution in [0, 0.1) is 0 Å². The van der Waals surface area contributed by atoms with E-state index in [0.717, 1.165) is 0 Å². The molecule has 1 aromatic rings. The van der Waals surface area contributed by atoms with E-state index in [2.05, 4.69) is 16.0 Å². The van der Waals surface area contributed by atoms with Gasteiger partial charge in [0.15, 0.2) is 12.2 Å². The van der Waals surface area contributed by atoms with E-state index in [1.54, 1.807) is 0 Å². The molecule has 3 heteroatoms. The van der Waals surface area contributed by atoms with Crippen molar-refractivity contribution >= 4 is 5.78 Å². The first kappa shape index (κ1) is 5.75. The first-order chi connectivity index (χ1) is 4.34. The zero-order valence-corrected chi connectivity index (χ0v) is 4.70. The third-order valence-corrected chi connectivity index (χ3v) is 0.861. The molecule has 0 atom stereocenters. The summed E-state index contributed by atoms with van der Waals surface area (Å²) in [7, 11) is 0. The average Bonchev–Trinajstić information content (AvgIpc) is 2.37. The summed E-state index contributed by atoms with van der Waals surface area (Å²) in [5.74, 6) is -0.0162. The summed E-state index contributed by atoms with van der Waals surface area (Å²) in [5, 5.41) is 0. The lowest BCUT2D eigenvalue weighted by Gasteiger charge is -1.80. The Kier molecular flexibility index (Phi) is 1.44. The molecule has 0 amide bonds. The number of allylic oxidation sites excluding steroid dienone is 1. The molecule has 0 aromatic carbocycles. The van der Waals surface area contributed by atoms with Crippen LogP contribution in [0.4, 0.5) is 0 Å². The van der Waals surface area contributed by atoms with Crippen molar-refractivity contribution in [3.05, 3.63) is 31.0 Å². The van der Waals surface area contributed by atoms with Gasteiger partial charge < -0.3 is 4.42 Å². The predicted octanol–water partition coefficient (Wildman–Crippen LogP) is 1.04. The average molecular weight is 123 g/mol. The largest absolute Gasteiger partial charge is 0.440 e. The zero-order chi connectivity index (χ0) is 6.69. The Hall–Kier alpha value is -1.38. The molecule has 0 fully saturated rings. The Morgan fingerprint density at radius 3 is 3.11 bits per heavy atom. The molecule has 0 saturated carbocycles. The maximum atomic E-state index is 10.6. The van der Waals surface area contributed by atoms with Crippen molar-refractivity contribution in [3.63, 3.8) is 0 Å². The number of nitrogens with zero attached hydrogens (tertiary/aromatic N) is 1. The standard InChI is InChI=1S/C6H5NO2/c1-2-5(8)6-3-7-4-9-6/h2-4H,1H2. The molecule has 0 spiro atoms. The maximum absolute atomic E-state index is 10.6. The van der Waals surface area contributed by atoms with Gasteiger partial charge in [0.2, 0.25) is 5.78 Å². The van der Waals surface area contributed by atoms with E-state index in [4.69, 9.17) is 0 Å². The molecule has 0 N–H and O–H groups in total. The van der Waals surface area contributed by atoms with Crippen molar-refractivity contribution in [1.82, 2.24) is 4.98 Å². The summed E-state index contributed by atoms with van der Waals surface area (Å²) in [6.07, 6.45) is 3.74. The predicted molar refractivity (Wildman–Crippen MR) is 31.0 cm³/mol. The fourth-order valence-corrected chi connectivity index (χ4v) is 0.438. The lowest BCUT2D eigenvalue weighted by molar-refractivity contribution is 0.102. The Bertz CT molecular complexity index is 213. The normalized spacial score (nSPS) is 8.89. The second kappa shape index (κ2) is 2.26. The number of carbonyl (C=O) groups is 1. The van der Waals surface area contributed by atoms with Crippen LogP contribution in [0.2, 0.25) is 0 Å². The zero-order valence-electron chi connectivity index (χ0n) is 4.70. The third kappa shape index (κ3) is 1.05. The minimum atomic E-state index is -0.243. The lowest BCUT2D eigenvalue weighted by Crippen LogP contribution is -1.88. The van der Waals surface area contributed by atoms with E-state index in [-0.39, 0.29) is 11.5 Å². The molecule has 0 aliphatic carbocycles. The smallest absolute Gasteiger partial charge is 0.222 e. The van der Waals surface area contributed by atoms with Crippen LogP contribution in [-0.2, 0) is 0 Å². The molecule has 0 aliphatic heterocycles. The summed E-state index contributed by atoms with van der Waals surface area (Å²) in [4.78, 5) is 14.2. The highest BCUT2D eigenvalue weighted by atomic mass is 16.3. The Labute approximate surface area is 52.0 Å². The van der Waals surface area contributed by atoms with Gasteiger partial charge in [0.25, 0.3) is 0 Å². The van der Waals surface area contributed by atoms with Gasteiger partial charge in [0.1, 0.15) is 0 Å². The molecule has 0 radical (unpaired) electrons. The number of oxazole rings is 1. The molecule has 9 heavy (non-hydrogen) atoms. The quantitative estimate of drug-likeness (QED) is 0.436. The number of aromatic nitrogens is 1. The first-order valence-corrected chi connectivity index (χ1v) is 2.40. The van der Waals surface area contributed by atoms with E-state index < -0.39 is 0 Å². The Balaban J connectivity index is 2.89. The fraction of sp³-hybridized carbons (Fsp3) is 0. The molecule has 0 aliphatic rings. The summed E-state index contributed by atoms with van der Waals surface area (Å²) < 4.78 is 4.65. The van der Waals surface area contributed by atoms with E-state index in [9.17, 15) is 4.79 Å². The van der Waals surface area contributed by atoms with E-state index >= 15 is 0 Å². The highest BCUT2D eigenvalue weighted by Crippen LogP contribution is 1.97. The van der Waals surface area contributed by atoms with Gasteiger partial charge in [-0.1, -0.05) is 6.58 Å². The molecule has 0 saturated heterocycles. The topological polar surface area (TPSA) is 43.1 Å². The summed E-state index contributed by atoms with van der Waals surface area (Å²) in [6.45, 7) is 3.28. The van der Waals surface area contributed by atoms with Gasteiger partial charge >= 0.3 is 0 Å². The molecule has 0 bridgehead atoms.